The van der Waals surface area contributed by atoms with Crippen molar-refractivity contribution in [2.24, 2.45) is 0 Å². The molecule has 0 unspecified atom stereocenters. The van der Waals surface area contributed by atoms with Crippen LogP contribution < -0.4 is 5.32 Å². The van der Waals surface area contributed by atoms with Gasteiger partial charge in [-0.1, -0.05) is 6.42 Å². The number of aromatic hydroxyl groups is 1. The van der Waals surface area contributed by atoms with Gasteiger partial charge in [0.2, 0.25) is 0 Å². The Kier molecular flexibility index (Phi) is 2.04. The molecule has 0 spiro atoms. The standard InChI is InChI=1S/C9H13NO2/c11-8-4-6-12-9(8)7-3-1-2-5-10-7/h4,6-7,10-11H,1-3,5H2/t7-/m1/s1. The molecule has 1 aliphatic rings. The van der Waals surface area contributed by atoms with Crippen LogP contribution in [0.5, 0.6) is 5.75 Å². The van der Waals surface area contributed by atoms with E-state index >= 15 is 0 Å². The lowest BCUT2D eigenvalue weighted by Gasteiger charge is -2.21. The fourth-order valence-corrected chi connectivity index (χ4v) is 1.65. The summed E-state index contributed by atoms with van der Waals surface area (Å²) in [5.41, 5.74) is 0. The maximum atomic E-state index is 9.37. The van der Waals surface area contributed by atoms with Crippen molar-refractivity contribution >= 4 is 0 Å². The van der Waals surface area contributed by atoms with E-state index in [2.05, 4.69) is 5.32 Å². The molecule has 3 heteroatoms. The molecule has 0 aromatic carbocycles. The number of piperidine rings is 1. The lowest BCUT2D eigenvalue weighted by Crippen LogP contribution is -2.26. The van der Waals surface area contributed by atoms with E-state index in [-0.39, 0.29) is 11.8 Å². The van der Waals surface area contributed by atoms with E-state index in [9.17, 15) is 5.11 Å². The largest absolute Gasteiger partial charge is 0.504 e. The van der Waals surface area contributed by atoms with Crippen LogP contribution in [-0.2, 0) is 0 Å². The second-order valence-electron chi connectivity index (χ2n) is 3.17. The zero-order valence-electron chi connectivity index (χ0n) is 6.92. The Hall–Kier alpha value is -0.960. The topological polar surface area (TPSA) is 45.4 Å². The van der Waals surface area contributed by atoms with Gasteiger partial charge in [0.1, 0.15) is 0 Å². The molecule has 1 saturated heterocycles. The highest BCUT2D eigenvalue weighted by atomic mass is 16.4. The SMILES string of the molecule is Oc1ccoc1[C@H]1CCCCN1. The van der Waals surface area contributed by atoms with Gasteiger partial charge in [0.05, 0.1) is 12.3 Å². The van der Waals surface area contributed by atoms with Gasteiger partial charge >= 0.3 is 0 Å². The molecule has 0 amide bonds. The monoisotopic (exact) mass is 167 g/mol. The summed E-state index contributed by atoms with van der Waals surface area (Å²) < 4.78 is 5.19. The summed E-state index contributed by atoms with van der Waals surface area (Å²) >= 11 is 0. The van der Waals surface area contributed by atoms with Gasteiger partial charge in [0.15, 0.2) is 11.5 Å². The predicted molar refractivity (Wildman–Crippen MR) is 45.0 cm³/mol. The minimum Gasteiger partial charge on any atom is -0.504 e. The predicted octanol–water partition coefficient (Wildman–Crippen LogP) is 1.80. The van der Waals surface area contributed by atoms with Crippen molar-refractivity contribution in [1.29, 1.82) is 0 Å². The fourth-order valence-electron chi connectivity index (χ4n) is 1.65. The molecule has 2 heterocycles. The first-order chi connectivity index (χ1) is 5.88. The van der Waals surface area contributed by atoms with E-state index in [1.165, 1.54) is 19.1 Å². The first kappa shape index (κ1) is 7.68. The molecule has 2 rings (SSSR count). The highest BCUT2D eigenvalue weighted by molar-refractivity contribution is 5.25. The zero-order chi connectivity index (χ0) is 8.39. The van der Waals surface area contributed by atoms with Crippen molar-refractivity contribution in [3.05, 3.63) is 18.1 Å². The molecule has 2 N–H and O–H groups in total. The first-order valence-electron chi connectivity index (χ1n) is 4.37. The van der Waals surface area contributed by atoms with Crippen molar-refractivity contribution < 1.29 is 9.52 Å². The Morgan fingerprint density at radius 2 is 2.42 bits per heavy atom. The summed E-state index contributed by atoms with van der Waals surface area (Å²) in [6.45, 7) is 1.02. The first-order valence-corrected chi connectivity index (χ1v) is 4.37. The Balaban J connectivity index is 2.13. The summed E-state index contributed by atoms with van der Waals surface area (Å²) in [5, 5.41) is 12.7. The van der Waals surface area contributed by atoms with Crippen LogP contribution >= 0.6 is 0 Å². The molecule has 1 aromatic rings. The molecule has 1 aliphatic heterocycles. The number of nitrogens with one attached hydrogen (secondary N) is 1. The van der Waals surface area contributed by atoms with Crippen LogP contribution in [0.25, 0.3) is 0 Å². The Labute approximate surface area is 71.4 Å². The Morgan fingerprint density at radius 3 is 3.00 bits per heavy atom. The van der Waals surface area contributed by atoms with Gasteiger partial charge in [0.25, 0.3) is 0 Å². The van der Waals surface area contributed by atoms with Gasteiger partial charge in [-0.25, -0.2) is 0 Å². The molecule has 1 fully saturated rings. The number of rotatable bonds is 1. The third-order valence-electron chi connectivity index (χ3n) is 2.30. The third-order valence-corrected chi connectivity index (χ3v) is 2.30. The van der Waals surface area contributed by atoms with Crippen molar-refractivity contribution in [2.45, 2.75) is 25.3 Å². The van der Waals surface area contributed by atoms with E-state index in [4.69, 9.17) is 4.42 Å². The lowest BCUT2D eigenvalue weighted by molar-refractivity contribution is 0.330. The highest BCUT2D eigenvalue weighted by Gasteiger charge is 2.20. The number of furan rings is 1. The number of hydrogen-bond donors (Lipinski definition) is 2. The molecule has 12 heavy (non-hydrogen) atoms. The summed E-state index contributed by atoms with van der Waals surface area (Å²) in [5.74, 6) is 0.962. The van der Waals surface area contributed by atoms with Gasteiger partial charge < -0.3 is 14.8 Å². The molecule has 0 bridgehead atoms. The molecule has 1 atom stereocenters. The zero-order valence-corrected chi connectivity index (χ0v) is 6.92. The van der Waals surface area contributed by atoms with Crippen molar-refractivity contribution in [3.8, 4) is 5.75 Å². The van der Waals surface area contributed by atoms with Crippen LogP contribution in [0.2, 0.25) is 0 Å². The van der Waals surface area contributed by atoms with Crippen LogP contribution in [0, 0.1) is 0 Å². The molecule has 0 saturated carbocycles. The minimum atomic E-state index is 0.216. The van der Waals surface area contributed by atoms with E-state index in [1.807, 2.05) is 0 Å². The number of hydrogen-bond acceptors (Lipinski definition) is 3. The maximum Gasteiger partial charge on any atom is 0.162 e. The van der Waals surface area contributed by atoms with Gasteiger partial charge in [0, 0.05) is 6.07 Å². The molecule has 1 aromatic heterocycles. The molecular formula is C9H13NO2. The summed E-state index contributed by atoms with van der Waals surface area (Å²) in [4.78, 5) is 0. The molecule has 0 aliphatic carbocycles. The molecular weight excluding hydrogens is 154 g/mol. The summed E-state index contributed by atoms with van der Waals surface area (Å²) in [7, 11) is 0. The van der Waals surface area contributed by atoms with Gasteiger partial charge in [-0.3, -0.25) is 0 Å². The van der Waals surface area contributed by atoms with Crippen LogP contribution in [0.15, 0.2) is 16.7 Å². The summed E-state index contributed by atoms with van der Waals surface area (Å²) in [6, 6.07) is 1.81. The van der Waals surface area contributed by atoms with Gasteiger partial charge in [-0.15, -0.1) is 0 Å². The fraction of sp³-hybridized carbons (Fsp3) is 0.556. The van der Waals surface area contributed by atoms with Crippen molar-refractivity contribution in [1.82, 2.24) is 5.32 Å². The average Bonchev–Trinajstić information content (AvgIpc) is 2.53. The van der Waals surface area contributed by atoms with Crippen molar-refractivity contribution in [3.63, 3.8) is 0 Å². The van der Waals surface area contributed by atoms with Gasteiger partial charge in [-0.2, -0.15) is 0 Å². The Bertz CT molecular complexity index is 251. The molecule has 0 radical (unpaired) electrons. The second kappa shape index (κ2) is 3.19. The molecule has 66 valence electrons. The van der Waals surface area contributed by atoms with Crippen molar-refractivity contribution in [2.75, 3.05) is 6.54 Å². The summed E-state index contributed by atoms with van der Waals surface area (Å²) in [6.07, 6.45) is 5.01. The quantitative estimate of drug-likeness (QED) is 0.670. The molecule has 3 nitrogen and oxygen atoms in total. The second-order valence-corrected chi connectivity index (χ2v) is 3.17. The third kappa shape index (κ3) is 1.32. The smallest absolute Gasteiger partial charge is 0.162 e. The van der Waals surface area contributed by atoms with Gasteiger partial charge in [-0.05, 0) is 19.4 Å². The highest BCUT2D eigenvalue weighted by Crippen LogP contribution is 2.30. The minimum absolute atomic E-state index is 0.216. The van der Waals surface area contributed by atoms with Crippen LogP contribution in [0.4, 0.5) is 0 Å². The average molecular weight is 167 g/mol. The van der Waals surface area contributed by atoms with E-state index in [1.54, 1.807) is 6.07 Å². The lowest BCUT2D eigenvalue weighted by atomic mass is 10.0. The van der Waals surface area contributed by atoms with E-state index < -0.39 is 0 Å². The van der Waals surface area contributed by atoms with Crippen LogP contribution in [-0.4, -0.2) is 11.7 Å². The van der Waals surface area contributed by atoms with Crippen LogP contribution in [0.1, 0.15) is 31.1 Å². The van der Waals surface area contributed by atoms with Crippen LogP contribution in [0.3, 0.4) is 0 Å². The Morgan fingerprint density at radius 1 is 1.50 bits per heavy atom. The maximum absolute atomic E-state index is 9.37. The normalized spacial score (nSPS) is 24.2. The van der Waals surface area contributed by atoms with E-state index in [0.29, 0.717) is 5.76 Å². The van der Waals surface area contributed by atoms with E-state index in [0.717, 1.165) is 13.0 Å².